The van der Waals surface area contributed by atoms with E-state index in [2.05, 4.69) is 17.2 Å². The van der Waals surface area contributed by atoms with E-state index in [1.165, 1.54) is 12.1 Å². The summed E-state index contributed by atoms with van der Waals surface area (Å²) >= 11 is 0. The first-order valence-electron chi connectivity index (χ1n) is 7.20. The zero-order valence-corrected chi connectivity index (χ0v) is 12.4. The van der Waals surface area contributed by atoms with E-state index in [9.17, 15) is 8.78 Å². The van der Waals surface area contributed by atoms with Gasteiger partial charge in [0.2, 0.25) is 0 Å². The number of rotatable bonds is 6. The van der Waals surface area contributed by atoms with Gasteiger partial charge in [-0.1, -0.05) is 19.1 Å². The first-order chi connectivity index (χ1) is 10.1. The Labute approximate surface area is 124 Å². The molecule has 1 atom stereocenters. The Morgan fingerprint density at radius 1 is 1.24 bits per heavy atom. The fourth-order valence-corrected chi connectivity index (χ4v) is 2.38. The quantitative estimate of drug-likeness (QED) is 0.871. The third kappa shape index (κ3) is 4.08. The highest BCUT2D eigenvalue weighted by molar-refractivity contribution is 5.27. The number of nitrogens with zero attached hydrogens (tertiary/aromatic N) is 1. The third-order valence-electron chi connectivity index (χ3n) is 3.50. The smallest absolute Gasteiger partial charge is 0.129 e. The molecule has 4 heteroatoms. The van der Waals surface area contributed by atoms with Gasteiger partial charge in [-0.25, -0.2) is 8.78 Å². The van der Waals surface area contributed by atoms with Gasteiger partial charge in [-0.15, -0.1) is 0 Å². The monoisotopic (exact) mass is 290 g/mol. The molecule has 2 nitrogen and oxygen atoms in total. The highest BCUT2D eigenvalue weighted by atomic mass is 19.1. The normalized spacial score (nSPS) is 12.4. The molecule has 1 N–H and O–H groups in total. The Balaban J connectivity index is 2.26. The summed E-state index contributed by atoms with van der Waals surface area (Å²) in [5, 5.41) is 3.42. The lowest BCUT2D eigenvalue weighted by atomic mass is 9.97. The molecule has 0 aliphatic carbocycles. The van der Waals surface area contributed by atoms with Crippen LogP contribution in [0.2, 0.25) is 0 Å². The number of nitrogens with one attached hydrogen (secondary N) is 1. The maximum absolute atomic E-state index is 13.9. The molecule has 0 bridgehead atoms. The van der Waals surface area contributed by atoms with E-state index in [4.69, 9.17) is 0 Å². The molecule has 0 saturated heterocycles. The van der Waals surface area contributed by atoms with Crippen molar-refractivity contribution in [3.05, 3.63) is 65.0 Å². The lowest BCUT2D eigenvalue weighted by Crippen LogP contribution is -2.25. The number of aryl methyl sites for hydroxylation is 1. The molecule has 1 aromatic carbocycles. The van der Waals surface area contributed by atoms with Gasteiger partial charge in [0.15, 0.2) is 0 Å². The highest BCUT2D eigenvalue weighted by Crippen LogP contribution is 2.22. The van der Waals surface area contributed by atoms with Crippen LogP contribution in [0.3, 0.4) is 0 Å². The van der Waals surface area contributed by atoms with Crippen molar-refractivity contribution >= 4 is 0 Å². The molecule has 0 radical (unpaired) electrons. The lowest BCUT2D eigenvalue weighted by Gasteiger charge is -2.21. The number of halogens is 2. The SMILES string of the molecule is CCCNC(Cc1ccc(F)cc1F)c1cccnc1C. The molecule has 1 aromatic heterocycles. The molecule has 2 aromatic rings. The maximum Gasteiger partial charge on any atom is 0.129 e. The third-order valence-corrected chi connectivity index (χ3v) is 3.50. The van der Waals surface area contributed by atoms with Crippen LogP contribution in [-0.2, 0) is 6.42 Å². The molecule has 1 unspecified atom stereocenters. The molecule has 0 saturated carbocycles. The van der Waals surface area contributed by atoms with Crippen LogP contribution in [0.1, 0.15) is 36.2 Å². The van der Waals surface area contributed by atoms with Gasteiger partial charge in [-0.2, -0.15) is 0 Å². The van der Waals surface area contributed by atoms with Crippen molar-refractivity contribution in [2.24, 2.45) is 0 Å². The van der Waals surface area contributed by atoms with Crippen LogP contribution in [0, 0.1) is 18.6 Å². The zero-order valence-electron chi connectivity index (χ0n) is 12.4. The standard InChI is InChI=1S/C17H20F2N2/c1-3-8-21-17(15-5-4-9-20-12(15)2)10-13-6-7-14(18)11-16(13)19/h4-7,9,11,17,21H,3,8,10H2,1-2H3. The lowest BCUT2D eigenvalue weighted by molar-refractivity contribution is 0.505. The topological polar surface area (TPSA) is 24.9 Å². The van der Waals surface area contributed by atoms with E-state index >= 15 is 0 Å². The summed E-state index contributed by atoms with van der Waals surface area (Å²) in [6, 6.07) is 7.59. The van der Waals surface area contributed by atoms with Crippen LogP contribution in [0.15, 0.2) is 36.5 Å². The number of benzene rings is 1. The van der Waals surface area contributed by atoms with Crippen molar-refractivity contribution in [2.75, 3.05) is 6.54 Å². The van der Waals surface area contributed by atoms with Gasteiger partial charge in [0, 0.05) is 24.0 Å². The van der Waals surface area contributed by atoms with Gasteiger partial charge in [0.05, 0.1) is 0 Å². The Morgan fingerprint density at radius 2 is 2.05 bits per heavy atom. The average molecular weight is 290 g/mol. The van der Waals surface area contributed by atoms with E-state index in [0.717, 1.165) is 30.3 Å². The van der Waals surface area contributed by atoms with Gasteiger partial charge in [0.1, 0.15) is 11.6 Å². The summed E-state index contributed by atoms with van der Waals surface area (Å²) in [6.45, 7) is 4.86. The number of aromatic nitrogens is 1. The van der Waals surface area contributed by atoms with Gasteiger partial charge >= 0.3 is 0 Å². The van der Waals surface area contributed by atoms with E-state index in [1.807, 2.05) is 19.1 Å². The Hall–Kier alpha value is -1.81. The van der Waals surface area contributed by atoms with Crippen molar-refractivity contribution < 1.29 is 8.78 Å². The van der Waals surface area contributed by atoms with E-state index in [1.54, 1.807) is 6.20 Å². The summed E-state index contributed by atoms with van der Waals surface area (Å²) in [5.74, 6) is -1.05. The average Bonchev–Trinajstić information content (AvgIpc) is 2.46. The van der Waals surface area contributed by atoms with Gasteiger partial charge in [0.25, 0.3) is 0 Å². The van der Waals surface area contributed by atoms with E-state index in [0.29, 0.717) is 12.0 Å². The maximum atomic E-state index is 13.9. The summed E-state index contributed by atoms with van der Waals surface area (Å²) in [4.78, 5) is 4.29. The summed E-state index contributed by atoms with van der Waals surface area (Å²) in [7, 11) is 0. The molecular formula is C17H20F2N2. The number of hydrogen-bond donors (Lipinski definition) is 1. The summed E-state index contributed by atoms with van der Waals surface area (Å²) < 4.78 is 26.9. The Kier molecular flexibility index (Phi) is 5.39. The van der Waals surface area contributed by atoms with Crippen molar-refractivity contribution in [3.63, 3.8) is 0 Å². The van der Waals surface area contributed by atoms with Crippen LogP contribution in [0.25, 0.3) is 0 Å². The molecule has 0 aliphatic rings. The van der Waals surface area contributed by atoms with Gasteiger partial charge in [-0.05, 0) is 49.6 Å². The van der Waals surface area contributed by atoms with Crippen LogP contribution >= 0.6 is 0 Å². The molecule has 112 valence electrons. The van der Waals surface area contributed by atoms with Crippen LogP contribution in [0.5, 0.6) is 0 Å². The summed E-state index contributed by atoms with van der Waals surface area (Å²) in [6.07, 6.45) is 3.20. The fourth-order valence-electron chi connectivity index (χ4n) is 2.38. The Bertz CT molecular complexity index is 599. The molecule has 21 heavy (non-hydrogen) atoms. The van der Waals surface area contributed by atoms with E-state index < -0.39 is 11.6 Å². The minimum atomic E-state index is -0.549. The van der Waals surface area contributed by atoms with Crippen LogP contribution in [0.4, 0.5) is 8.78 Å². The fraction of sp³-hybridized carbons (Fsp3) is 0.353. The number of pyridine rings is 1. The zero-order chi connectivity index (χ0) is 15.2. The second kappa shape index (κ2) is 7.27. The molecule has 0 fully saturated rings. The number of hydrogen-bond acceptors (Lipinski definition) is 2. The largest absolute Gasteiger partial charge is 0.310 e. The molecule has 0 spiro atoms. The van der Waals surface area contributed by atoms with Gasteiger partial charge < -0.3 is 5.32 Å². The van der Waals surface area contributed by atoms with Crippen molar-refractivity contribution in [2.45, 2.75) is 32.7 Å². The molecule has 1 heterocycles. The Morgan fingerprint density at radius 3 is 2.71 bits per heavy atom. The first-order valence-corrected chi connectivity index (χ1v) is 7.20. The predicted octanol–water partition coefficient (Wildman–Crippen LogP) is 3.95. The van der Waals surface area contributed by atoms with Crippen molar-refractivity contribution in [1.29, 1.82) is 0 Å². The molecule has 2 rings (SSSR count). The second-order valence-electron chi connectivity index (χ2n) is 5.12. The van der Waals surface area contributed by atoms with Crippen LogP contribution < -0.4 is 5.32 Å². The predicted molar refractivity (Wildman–Crippen MR) is 80.1 cm³/mol. The highest BCUT2D eigenvalue weighted by Gasteiger charge is 2.16. The second-order valence-corrected chi connectivity index (χ2v) is 5.12. The first kappa shape index (κ1) is 15.6. The van der Waals surface area contributed by atoms with Crippen LogP contribution in [-0.4, -0.2) is 11.5 Å². The minimum Gasteiger partial charge on any atom is -0.310 e. The van der Waals surface area contributed by atoms with Gasteiger partial charge in [-0.3, -0.25) is 4.98 Å². The molecule has 0 amide bonds. The van der Waals surface area contributed by atoms with Crippen molar-refractivity contribution in [3.8, 4) is 0 Å². The minimum absolute atomic E-state index is 0.0291. The molecule has 0 aliphatic heterocycles. The summed E-state index contributed by atoms with van der Waals surface area (Å²) in [5.41, 5.74) is 2.48. The molecular weight excluding hydrogens is 270 g/mol. The van der Waals surface area contributed by atoms with E-state index in [-0.39, 0.29) is 6.04 Å². The van der Waals surface area contributed by atoms with Crippen molar-refractivity contribution in [1.82, 2.24) is 10.3 Å².